The van der Waals surface area contributed by atoms with E-state index in [1.54, 1.807) is 14.2 Å². The molecule has 3 aromatic rings. The Morgan fingerprint density at radius 2 is 1.71 bits per heavy atom. The lowest BCUT2D eigenvalue weighted by Crippen LogP contribution is -2.11. The molecule has 7 nitrogen and oxygen atoms in total. The van der Waals surface area contributed by atoms with Crippen LogP contribution in [0.3, 0.4) is 0 Å². The molecular formula is C27H30N2O5. The minimum Gasteiger partial charge on any atom is -0.493 e. The number of ether oxygens (including phenoxy) is 3. The third kappa shape index (κ3) is 7.33. The first-order valence-corrected chi connectivity index (χ1v) is 11.2. The molecule has 1 N–H and O–H groups in total. The number of amides is 1. The molecule has 34 heavy (non-hydrogen) atoms. The van der Waals surface area contributed by atoms with E-state index in [0.29, 0.717) is 55.4 Å². The fourth-order valence-electron chi connectivity index (χ4n) is 3.44. The fraction of sp³-hybridized carbons (Fsp3) is 0.296. The van der Waals surface area contributed by atoms with Gasteiger partial charge in [0, 0.05) is 36.6 Å². The summed E-state index contributed by atoms with van der Waals surface area (Å²) in [7, 11) is 3.22. The number of rotatable bonds is 12. The molecule has 7 heteroatoms. The van der Waals surface area contributed by atoms with E-state index in [-0.39, 0.29) is 11.7 Å². The number of hydrogen-bond donors (Lipinski definition) is 1. The maximum atomic E-state index is 12.1. The van der Waals surface area contributed by atoms with E-state index < -0.39 is 0 Å². The van der Waals surface area contributed by atoms with Crippen molar-refractivity contribution in [3.63, 3.8) is 0 Å². The molecular weight excluding hydrogens is 432 g/mol. The molecule has 0 saturated heterocycles. The molecule has 0 atom stereocenters. The third-order valence-electron chi connectivity index (χ3n) is 5.19. The lowest BCUT2D eigenvalue weighted by atomic mass is 10.1. The Hall–Kier alpha value is -3.87. The lowest BCUT2D eigenvalue weighted by molar-refractivity contribution is -0.117. The number of carbonyl (C=O) groups excluding carboxylic acids is 2. The summed E-state index contributed by atoms with van der Waals surface area (Å²) >= 11 is 0. The van der Waals surface area contributed by atoms with Gasteiger partial charge in [-0.15, -0.1) is 0 Å². The molecule has 0 fully saturated rings. The van der Waals surface area contributed by atoms with Gasteiger partial charge in [-0.3, -0.25) is 4.79 Å². The predicted octanol–water partition coefficient (Wildman–Crippen LogP) is 5.09. The highest BCUT2D eigenvalue weighted by Crippen LogP contribution is 2.28. The number of hydrogen-bond acceptors (Lipinski definition) is 6. The molecule has 3 rings (SSSR count). The highest BCUT2D eigenvalue weighted by molar-refractivity contribution is 5.91. The van der Waals surface area contributed by atoms with Crippen LogP contribution in [0.2, 0.25) is 0 Å². The number of nitrogens with one attached hydrogen (secondary N) is 1. The predicted molar refractivity (Wildman–Crippen MR) is 132 cm³/mol. The monoisotopic (exact) mass is 462 g/mol. The van der Waals surface area contributed by atoms with Gasteiger partial charge in [-0.25, -0.2) is 4.98 Å². The first kappa shape index (κ1) is 24.8. The zero-order chi connectivity index (χ0) is 24.3. The molecule has 0 spiro atoms. The molecule has 0 aliphatic carbocycles. The Morgan fingerprint density at radius 1 is 0.912 bits per heavy atom. The molecule has 0 aliphatic rings. The van der Waals surface area contributed by atoms with Crippen molar-refractivity contribution in [1.29, 1.82) is 0 Å². The van der Waals surface area contributed by atoms with Crippen molar-refractivity contribution in [3.05, 3.63) is 66.2 Å². The molecule has 1 aromatic heterocycles. The van der Waals surface area contributed by atoms with E-state index in [1.807, 2.05) is 60.7 Å². The van der Waals surface area contributed by atoms with Gasteiger partial charge in [-0.2, -0.15) is 0 Å². The largest absolute Gasteiger partial charge is 0.493 e. The van der Waals surface area contributed by atoms with Crippen LogP contribution in [0.1, 0.15) is 31.7 Å². The van der Waals surface area contributed by atoms with Crippen LogP contribution in [0.15, 0.2) is 60.7 Å². The van der Waals surface area contributed by atoms with Crippen LogP contribution in [0.4, 0.5) is 5.69 Å². The van der Waals surface area contributed by atoms with Crippen molar-refractivity contribution in [2.45, 2.75) is 32.6 Å². The van der Waals surface area contributed by atoms with Crippen LogP contribution < -0.4 is 19.5 Å². The number of pyridine rings is 1. The minimum absolute atomic E-state index is 0.0895. The summed E-state index contributed by atoms with van der Waals surface area (Å²) in [5, 5.41) is 2.88. The first-order valence-electron chi connectivity index (χ1n) is 11.2. The maximum Gasteiger partial charge on any atom is 0.224 e. The molecule has 2 aromatic carbocycles. The van der Waals surface area contributed by atoms with Crippen molar-refractivity contribution in [3.8, 4) is 28.6 Å². The van der Waals surface area contributed by atoms with Crippen LogP contribution in [-0.2, 0) is 16.0 Å². The standard InChI is InChI=1S/C27H30N2O5/c1-19(30)7-4-11-26(31)28-22-9-5-8-21(18-22)23-10-6-12-27(29-23)34-16-15-20-13-14-24(32-2)25(17-20)33-3/h5-6,8-10,12-14,17-18H,4,7,11,15-16H2,1-3H3,(H,28,31). The molecule has 0 bridgehead atoms. The third-order valence-corrected chi connectivity index (χ3v) is 5.19. The van der Waals surface area contributed by atoms with E-state index in [2.05, 4.69) is 10.3 Å². The Bertz CT molecular complexity index is 1130. The number of methoxy groups -OCH3 is 2. The molecule has 1 amide bonds. The molecule has 178 valence electrons. The van der Waals surface area contributed by atoms with Crippen LogP contribution >= 0.6 is 0 Å². The number of Topliss-reactive ketones (excluding diaryl/α,β-unsaturated/α-hetero) is 1. The van der Waals surface area contributed by atoms with Gasteiger partial charge >= 0.3 is 0 Å². The van der Waals surface area contributed by atoms with Crippen molar-refractivity contribution in [2.24, 2.45) is 0 Å². The second-order valence-corrected chi connectivity index (χ2v) is 7.83. The average Bonchev–Trinajstić information content (AvgIpc) is 2.84. The van der Waals surface area contributed by atoms with E-state index in [0.717, 1.165) is 16.8 Å². The van der Waals surface area contributed by atoms with Crippen LogP contribution in [0.5, 0.6) is 17.4 Å². The van der Waals surface area contributed by atoms with E-state index in [9.17, 15) is 9.59 Å². The zero-order valence-electron chi connectivity index (χ0n) is 19.8. The molecule has 0 unspecified atom stereocenters. The number of ketones is 1. The summed E-state index contributed by atoms with van der Waals surface area (Å²) in [6, 6.07) is 18.9. The zero-order valence-corrected chi connectivity index (χ0v) is 19.8. The fourth-order valence-corrected chi connectivity index (χ4v) is 3.44. The Balaban J connectivity index is 1.59. The molecule has 0 saturated carbocycles. The highest BCUT2D eigenvalue weighted by Gasteiger charge is 2.08. The van der Waals surface area contributed by atoms with Gasteiger partial charge < -0.3 is 24.3 Å². The van der Waals surface area contributed by atoms with Crippen LogP contribution in [-0.4, -0.2) is 37.5 Å². The summed E-state index contributed by atoms with van der Waals surface area (Å²) in [5.74, 6) is 1.88. The Morgan fingerprint density at radius 3 is 2.47 bits per heavy atom. The smallest absolute Gasteiger partial charge is 0.224 e. The van der Waals surface area contributed by atoms with Crippen molar-refractivity contribution in [2.75, 3.05) is 26.1 Å². The first-order chi connectivity index (χ1) is 16.5. The van der Waals surface area contributed by atoms with Crippen molar-refractivity contribution < 1.29 is 23.8 Å². The summed E-state index contributed by atoms with van der Waals surface area (Å²) in [6.07, 6.45) is 1.96. The second kappa shape index (κ2) is 12.4. The van der Waals surface area contributed by atoms with E-state index in [1.165, 1.54) is 6.92 Å². The quantitative estimate of drug-likeness (QED) is 0.404. The lowest BCUT2D eigenvalue weighted by Gasteiger charge is -2.11. The second-order valence-electron chi connectivity index (χ2n) is 7.83. The highest BCUT2D eigenvalue weighted by atomic mass is 16.5. The SMILES string of the molecule is COc1ccc(CCOc2cccc(-c3cccc(NC(=O)CCCC(C)=O)c3)n2)cc1OC. The van der Waals surface area contributed by atoms with E-state index >= 15 is 0 Å². The van der Waals surface area contributed by atoms with Crippen LogP contribution in [0.25, 0.3) is 11.3 Å². The van der Waals surface area contributed by atoms with Gasteiger partial charge in [0.1, 0.15) is 5.78 Å². The maximum absolute atomic E-state index is 12.1. The topological polar surface area (TPSA) is 86.8 Å². The van der Waals surface area contributed by atoms with Gasteiger partial charge in [0.2, 0.25) is 11.8 Å². The average molecular weight is 463 g/mol. The molecule has 0 radical (unpaired) electrons. The summed E-state index contributed by atoms with van der Waals surface area (Å²) in [6.45, 7) is 1.99. The van der Waals surface area contributed by atoms with E-state index in [4.69, 9.17) is 14.2 Å². The number of nitrogens with zero attached hydrogens (tertiary/aromatic N) is 1. The van der Waals surface area contributed by atoms with Crippen molar-refractivity contribution in [1.82, 2.24) is 4.98 Å². The summed E-state index contributed by atoms with van der Waals surface area (Å²) in [5.41, 5.74) is 3.37. The Labute approximate surface area is 200 Å². The van der Waals surface area contributed by atoms with Gasteiger partial charge in [0.25, 0.3) is 0 Å². The van der Waals surface area contributed by atoms with Crippen LogP contribution in [0, 0.1) is 0 Å². The summed E-state index contributed by atoms with van der Waals surface area (Å²) < 4.78 is 16.5. The number of aromatic nitrogens is 1. The van der Waals surface area contributed by atoms with Gasteiger partial charge in [-0.05, 0) is 49.2 Å². The molecule has 1 heterocycles. The van der Waals surface area contributed by atoms with Gasteiger partial charge in [0.15, 0.2) is 11.5 Å². The molecule has 0 aliphatic heterocycles. The van der Waals surface area contributed by atoms with Crippen molar-refractivity contribution >= 4 is 17.4 Å². The number of benzene rings is 2. The summed E-state index contributed by atoms with van der Waals surface area (Å²) in [4.78, 5) is 27.8. The Kier molecular flexibility index (Phi) is 9.03. The number of carbonyl (C=O) groups is 2. The minimum atomic E-state index is -0.112. The van der Waals surface area contributed by atoms with Gasteiger partial charge in [-0.1, -0.05) is 24.3 Å². The normalized spacial score (nSPS) is 10.4. The van der Waals surface area contributed by atoms with Gasteiger partial charge in [0.05, 0.1) is 26.5 Å². The number of anilines is 1.